The van der Waals surface area contributed by atoms with Crippen molar-refractivity contribution in [1.29, 1.82) is 0 Å². The first-order valence-electron chi connectivity index (χ1n) is 6.54. The highest BCUT2D eigenvalue weighted by molar-refractivity contribution is 7.99. The summed E-state index contributed by atoms with van der Waals surface area (Å²) in [6.07, 6.45) is 2.48. The van der Waals surface area contributed by atoms with E-state index in [0.717, 1.165) is 16.3 Å². The second-order valence-electron chi connectivity index (χ2n) is 4.42. The maximum absolute atomic E-state index is 10.8. The van der Waals surface area contributed by atoms with E-state index < -0.39 is 0 Å². The van der Waals surface area contributed by atoms with Gasteiger partial charge in [0.1, 0.15) is 11.0 Å². The lowest BCUT2D eigenvalue weighted by molar-refractivity contribution is 0.109. The Labute approximate surface area is 127 Å². The molecule has 2 heterocycles. The summed E-state index contributed by atoms with van der Waals surface area (Å²) in [5.41, 5.74) is 0.901. The maximum Gasteiger partial charge on any atom is 0.185 e. The Balaban J connectivity index is 1.96. The van der Waals surface area contributed by atoms with E-state index in [0.29, 0.717) is 12.0 Å². The van der Waals surface area contributed by atoms with Gasteiger partial charge in [-0.3, -0.25) is 9.78 Å². The van der Waals surface area contributed by atoms with Crippen molar-refractivity contribution in [3.63, 3.8) is 0 Å². The van der Waals surface area contributed by atoms with Gasteiger partial charge in [0.15, 0.2) is 12.0 Å². The predicted molar refractivity (Wildman–Crippen MR) is 82.5 cm³/mol. The van der Waals surface area contributed by atoms with Crippen LogP contribution >= 0.6 is 11.8 Å². The van der Waals surface area contributed by atoms with Crippen molar-refractivity contribution >= 4 is 18.0 Å². The largest absolute Gasteiger partial charge is 0.457 e. The van der Waals surface area contributed by atoms with E-state index in [9.17, 15) is 4.79 Å². The van der Waals surface area contributed by atoms with Gasteiger partial charge in [-0.05, 0) is 36.4 Å². The van der Waals surface area contributed by atoms with Crippen LogP contribution in [0.5, 0.6) is 0 Å². The molecule has 0 fully saturated rings. The number of carbonyl (C=O) groups excluding carboxylic acids is 1. The molecule has 0 aliphatic heterocycles. The minimum Gasteiger partial charge on any atom is -0.457 e. The zero-order chi connectivity index (χ0) is 14.5. The van der Waals surface area contributed by atoms with Gasteiger partial charge in [0.05, 0.1) is 5.69 Å². The zero-order valence-electron chi connectivity index (χ0n) is 11.2. The fourth-order valence-corrected chi connectivity index (χ4v) is 3.09. The molecule has 0 aliphatic rings. The van der Waals surface area contributed by atoms with Crippen molar-refractivity contribution in [1.82, 2.24) is 4.98 Å². The van der Waals surface area contributed by atoms with Crippen LogP contribution in [0.15, 0.2) is 76.2 Å². The molecule has 0 radical (unpaired) electrons. The Hall–Kier alpha value is -2.33. The van der Waals surface area contributed by atoms with Crippen molar-refractivity contribution in [2.45, 2.75) is 10.1 Å². The third-order valence-corrected chi connectivity index (χ3v) is 4.23. The molecule has 1 unspecified atom stereocenters. The molecular formula is C17H13NO2S. The van der Waals surface area contributed by atoms with Crippen LogP contribution in [0.25, 0.3) is 0 Å². The van der Waals surface area contributed by atoms with Crippen LogP contribution in [0.2, 0.25) is 0 Å². The number of thioether (sulfide) groups is 1. The Bertz CT molecular complexity index is 710. The van der Waals surface area contributed by atoms with Crippen molar-refractivity contribution < 1.29 is 9.21 Å². The van der Waals surface area contributed by atoms with E-state index in [-0.39, 0.29) is 5.25 Å². The molecule has 2 aromatic heterocycles. The molecule has 3 aromatic rings. The molecule has 0 saturated carbocycles. The molecule has 0 amide bonds. The summed E-state index contributed by atoms with van der Waals surface area (Å²) in [7, 11) is 0. The summed E-state index contributed by atoms with van der Waals surface area (Å²) in [5, 5.41) is -0.0812. The predicted octanol–water partition coefficient (Wildman–Crippen LogP) is 4.37. The van der Waals surface area contributed by atoms with E-state index >= 15 is 0 Å². The van der Waals surface area contributed by atoms with Crippen LogP contribution in [0.4, 0.5) is 0 Å². The first-order valence-corrected chi connectivity index (χ1v) is 7.42. The van der Waals surface area contributed by atoms with E-state index in [1.807, 2.05) is 54.6 Å². The zero-order valence-corrected chi connectivity index (χ0v) is 12.0. The molecule has 21 heavy (non-hydrogen) atoms. The minimum atomic E-state index is -0.0812. The monoisotopic (exact) mass is 295 g/mol. The summed E-state index contributed by atoms with van der Waals surface area (Å²) in [6, 6.07) is 19.4. The summed E-state index contributed by atoms with van der Waals surface area (Å²) in [6.45, 7) is 0. The van der Waals surface area contributed by atoms with Gasteiger partial charge >= 0.3 is 0 Å². The fourth-order valence-electron chi connectivity index (χ4n) is 2.00. The number of rotatable bonds is 5. The van der Waals surface area contributed by atoms with Crippen LogP contribution in [-0.2, 0) is 0 Å². The summed E-state index contributed by atoms with van der Waals surface area (Å²) < 4.78 is 5.59. The van der Waals surface area contributed by atoms with Gasteiger partial charge in [0.2, 0.25) is 0 Å². The molecule has 4 heteroatoms. The van der Waals surface area contributed by atoms with Crippen molar-refractivity contribution in [2.24, 2.45) is 0 Å². The number of hydrogen-bond donors (Lipinski definition) is 0. The number of hydrogen-bond acceptors (Lipinski definition) is 4. The van der Waals surface area contributed by atoms with Crippen LogP contribution in [0, 0.1) is 0 Å². The number of pyridine rings is 1. The van der Waals surface area contributed by atoms with E-state index in [1.54, 1.807) is 24.0 Å². The summed E-state index contributed by atoms with van der Waals surface area (Å²) in [4.78, 5) is 16.4. The van der Waals surface area contributed by atoms with Crippen molar-refractivity contribution in [2.75, 3.05) is 0 Å². The Kier molecular flexibility index (Phi) is 4.17. The highest BCUT2D eigenvalue weighted by atomic mass is 32.2. The Morgan fingerprint density at radius 3 is 2.48 bits per heavy atom. The fraction of sp³-hybridized carbons (Fsp3) is 0.0588. The first-order chi connectivity index (χ1) is 10.4. The number of carbonyl (C=O) groups is 1. The van der Waals surface area contributed by atoms with Gasteiger partial charge in [-0.1, -0.05) is 24.3 Å². The number of aromatic nitrogens is 1. The second kappa shape index (κ2) is 6.41. The molecule has 3 rings (SSSR count). The van der Waals surface area contributed by atoms with Gasteiger partial charge in [-0.25, -0.2) is 0 Å². The number of nitrogens with zero attached hydrogens (tertiary/aromatic N) is 1. The highest BCUT2D eigenvalue weighted by Crippen LogP contribution is 2.39. The van der Waals surface area contributed by atoms with Crippen LogP contribution in [0.1, 0.15) is 27.3 Å². The quantitative estimate of drug-likeness (QED) is 0.518. The SMILES string of the molecule is O=Cc1ccc(C(Sc2ccccc2)c2ccccn2)o1. The van der Waals surface area contributed by atoms with Crippen molar-refractivity contribution in [3.8, 4) is 0 Å². The van der Waals surface area contributed by atoms with Gasteiger partial charge in [0, 0.05) is 11.1 Å². The number of benzene rings is 1. The molecular weight excluding hydrogens is 282 g/mol. The topological polar surface area (TPSA) is 43.1 Å². The normalized spacial score (nSPS) is 12.0. The minimum absolute atomic E-state index is 0.0812. The smallest absolute Gasteiger partial charge is 0.185 e. The third kappa shape index (κ3) is 3.23. The lowest BCUT2D eigenvalue weighted by Crippen LogP contribution is -1.98. The molecule has 0 aliphatic carbocycles. The number of furan rings is 1. The molecule has 1 atom stereocenters. The molecule has 3 nitrogen and oxygen atoms in total. The van der Waals surface area contributed by atoms with Crippen LogP contribution in [0.3, 0.4) is 0 Å². The molecule has 0 saturated heterocycles. The summed E-state index contributed by atoms with van der Waals surface area (Å²) >= 11 is 1.65. The number of aldehydes is 1. The average molecular weight is 295 g/mol. The maximum atomic E-state index is 10.8. The lowest BCUT2D eigenvalue weighted by Gasteiger charge is -2.13. The third-order valence-electron chi connectivity index (χ3n) is 2.98. The highest BCUT2D eigenvalue weighted by Gasteiger charge is 2.20. The van der Waals surface area contributed by atoms with Gasteiger partial charge in [-0.2, -0.15) is 0 Å². The van der Waals surface area contributed by atoms with E-state index in [2.05, 4.69) is 4.98 Å². The Morgan fingerprint density at radius 1 is 1.00 bits per heavy atom. The van der Waals surface area contributed by atoms with Gasteiger partial charge in [-0.15, -0.1) is 11.8 Å². The van der Waals surface area contributed by atoms with Crippen LogP contribution < -0.4 is 0 Å². The van der Waals surface area contributed by atoms with Gasteiger partial charge in [0.25, 0.3) is 0 Å². The second-order valence-corrected chi connectivity index (χ2v) is 5.60. The molecule has 104 valence electrons. The van der Waals surface area contributed by atoms with Gasteiger partial charge < -0.3 is 4.42 Å². The summed E-state index contributed by atoms with van der Waals surface area (Å²) in [5.74, 6) is 1.06. The van der Waals surface area contributed by atoms with E-state index in [4.69, 9.17) is 4.42 Å². The standard InChI is InChI=1S/C17H13NO2S/c19-12-13-9-10-16(20-13)17(15-8-4-5-11-18-15)21-14-6-2-1-3-7-14/h1-12,17H. The van der Waals surface area contributed by atoms with E-state index in [1.165, 1.54) is 0 Å². The Morgan fingerprint density at radius 2 is 1.81 bits per heavy atom. The average Bonchev–Trinajstić information content (AvgIpc) is 3.03. The molecule has 0 spiro atoms. The van der Waals surface area contributed by atoms with Crippen molar-refractivity contribution in [3.05, 3.63) is 84.1 Å². The molecule has 0 bridgehead atoms. The molecule has 0 N–H and O–H groups in total. The first kappa shape index (κ1) is 13.6. The lowest BCUT2D eigenvalue weighted by atomic mass is 10.2. The molecule has 1 aromatic carbocycles. The van der Waals surface area contributed by atoms with Crippen LogP contribution in [-0.4, -0.2) is 11.3 Å².